The fourth-order valence-electron chi connectivity index (χ4n) is 1.40. The predicted molar refractivity (Wildman–Crippen MR) is 46.4 cm³/mol. The van der Waals surface area contributed by atoms with E-state index in [-0.39, 0.29) is 5.91 Å². The van der Waals surface area contributed by atoms with E-state index in [0.717, 1.165) is 12.8 Å². The molecule has 1 atom stereocenters. The van der Waals surface area contributed by atoms with E-state index in [0.29, 0.717) is 18.5 Å². The molecule has 68 valence electrons. The molecule has 1 heterocycles. The second-order valence-corrected chi connectivity index (χ2v) is 3.26. The second kappa shape index (κ2) is 3.72. The van der Waals surface area contributed by atoms with Crippen molar-refractivity contribution in [1.82, 2.24) is 4.90 Å². The lowest BCUT2D eigenvalue weighted by molar-refractivity contribution is -0.139. The van der Waals surface area contributed by atoms with Gasteiger partial charge in [-0.3, -0.25) is 4.79 Å². The fraction of sp³-hybridized carbons (Fsp3) is 0.667. The number of piperidine rings is 1. The SMILES string of the molecule is C=C(C)C(=O)N1CCCCC1O. The average Bonchev–Trinajstić information content (AvgIpc) is 2.04. The largest absolute Gasteiger partial charge is 0.374 e. The Balaban J connectivity index is 2.59. The minimum Gasteiger partial charge on any atom is -0.374 e. The van der Waals surface area contributed by atoms with Crippen LogP contribution in [-0.4, -0.2) is 28.7 Å². The highest BCUT2D eigenvalue weighted by molar-refractivity contribution is 5.92. The van der Waals surface area contributed by atoms with E-state index in [1.807, 2.05) is 0 Å². The first-order valence-electron chi connectivity index (χ1n) is 4.27. The van der Waals surface area contributed by atoms with Gasteiger partial charge in [0.2, 0.25) is 0 Å². The summed E-state index contributed by atoms with van der Waals surface area (Å²) in [6.07, 6.45) is 2.08. The highest BCUT2D eigenvalue weighted by Gasteiger charge is 2.24. The van der Waals surface area contributed by atoms with Crippen LogP contribution in [0.25, 0.3) is 0 Å². The summed E-state index contributed by atoms with van der Waals surface area (Å²) in [4.78, 5) is 12.9. The van der Waals surface area contributed by atoms with Crippen LogP contribution < -0.4 is 0 Å². The van der Waals surface area contributed by atoms with E-state index in [4.69, 9.17) is 0 Å². The van der Waals surface area contributed by atoms with Crippen LogP contribution in [0.2, 0.25) is 0 Å². The number of aliphatic hydroxyl groups is 1. The molecule has 12 heavy (non-hydrogen) atoms. The summed E-state index contributed by atoms with van der Waals surface area (Å²) in [5.41, 5.74) is 0.496. The smallest absolute Gasteiger partial charge is 0.250 e. The Morgan fingerprint density at radius 3 is 2.75 bits per heavy atom. The number of amides is 1. The molecule has 1 aliphatic heterocycles. The van der Waals surface area contributed by atoms with Crippen LogP contribution in [0.15, 0.2) is 12.2 Å². The zero-order chi connectivity index (χ0) is 9.14. The van der Waals surface area contributed by atoms with E-state index in [1.165, 1.54) is 4.90 Å². The van der Waals surface area contributed by atoms with Crippen molar-refractivity contribution in [3.8, 4) is 0 Å². The first-order valence-corrected chi connectivity index (χ1v) is 4.27. The predicted octanol–water partition coefficient (Wildman–Crippen LogP) is 0.893. The standard InChI is InChI=1S/C9H15NO2/c1-7(2)9(12)10-6-4-3-5-8(10)11/h8,11H,1,3-6H2,2H3. The maximum atomic E-state index is 11.4. The molecular formula is C9H15NO2. The van der Waals surface area contributed by atoms with Crippen LogP contribution in [0.1, 0.15) is 26.2 Å². The van der Waals surface area contributed by atoms with Crippen molar-refractivity contribution in [2.75, 3.05) is 6.54 Å². The Morgan fingerprint density at radius 1 is 1.58 bits per heavy atom. The summed E-state index contributed by atoms with van der Waals surface area (Å²) >= 11 is 0. The van der Waals surface area contributed by atoms with Crippen LogP contribution >= 0.6 is 0 Å². The van der Waals surface area contributed by atoms with Crippen LogP contribution in [0.3, 0.4) is 0 Å². The number of nitrogens with zero attached hydrogens (tertiary/aromatic N) is 1. The van der Waals surface area contributed by atoms with Gasteiger partial charge >= 0.3 is 0 Å². The molecule has 3 nitrogen and oxygen atoms in total. The van der Waals surface area contributed by atoms with Gasteiger partial charge < -0.3 is 10.0 Å². The number of hydrogen-bond donors (Lipinski definition) is 1. The van der Waals surface area contributed by atoms with Gasteiger partial charge in [0.25, 0.3) is 5.91 Å². The maximum Gasteiger partial charge on any atom is 0.250 e. The van der Waals surface area contributed by atoms with Gasteiger partial charge in [0.15, 0.2) is 0 Å². The summed E-state index contributed by atoms with van der Waals surface area (Å²) < 4.78 is 0. The molecule has 1 rings (SSSR count). The van der Waals surface area contributed by atoms with Gasteiger partial charge in [-0.1, -0.05) is 6.58 Å². The Hall–Kier alpha value is -0.830. The Kier molecular flexibility index (Phi) is 2.87. The lowest BCUT2D eigenvalue weighted by atomic mass is 10.1. The van der Waals surface area contributed by atoms with E-state index >= 15 is 0 Å². The molecule has 0 radical (unpaired) electrons. The molecule has 0 aromatic heterocycles. The minimum atomic E-state index is -0.594. The van der Waals surface area contributed by atoms with E-state index in [9.17, 15) is 9.90 Å². The lowest BCUT2D eigenvalue weighted by Crippen LogP contribution is -2.43. The highest BCUT2D eigenvalue weighted by atomic mass is 16.3. The number of carbonyl (C=O) groups excluding carboxylic acids is 1. The van der Waals surface area contributed by atoms with Gasteiger partial charge in [0, 0.05) is 12.1 Å². The number of likely N-dealkylation sites (tertiary alicyclic amines) is 1. The van der Waals surface area contributed by atoms with Gasteiger partial charge in [0.05, 0.1) is 0 Å². The Labute approximate surface area is 72.7 Å². The zero-order valence-corrected chi connectivity index (χ0v) is 7.42. The summed E-state index contributed by atoms with van der Waals surface area (Å²) in [6, 6.07) is 0. The summed E-state index contributed by atoms with van der Waals surface area (Å²) in [5.74, 6) is -0.123. The molecule has 0 aliphatic carbocycles. The highest BCUT2D eigenvalue weighted by Crippen LogP contribution is 2.16. The molecule has 3 heteroatoms. The van der Waals surface area contributed by atoms with Gasteiger partial charge in [-0.25, -0.2) is 0 Å². The topological polar surface area (TPSA) is 40.5 Å². The minimum absolute atomic E-state index is 0.123. The molecule has 0 saturated carbocycles. The number of hydrogen-bond acceptors (Lipinski definition) is 2. The number of rotatable bonds is 1. The number of carbonyl (C=O) groups is 1. The zero-order valence-electron chi connectivity index (χ0n) is 7.42. The molecule has 1 saturated heterocycles. The van der Waals surface area contributed by atoms with Crippen molar-refractivity contribution in [2.45, 2.75) is 32.4 Å². The molecule has 0 aromatic carbocycles. The van der Waals surface area contributed by atoms with Crippen LogP contribution in [0, 0.1) is 0 Å². The quantitative estimate of drug-likeness (QED) is 0.592. The van der Waals surface area contributed by atoms with Crippen molar-refractivity contribution >= 4 is 5.91 Å². The monoisotopic (exact) mass is 169 g/mol. The third kappa shape index (κ3) is 1.85. The average molecular weight is 169 g/mol. The molecule has 1 amide bonds. The third-order valence-electron chi connectivity index (χ3n) is 2.10. The molecule has 1 N–H and O–H groups in total. The van der Waals surface area contributed by atoms with E-state index < -0.39 is 6.23 Å². The summed E-state index contributed by atoms with van der Waals surface area (Å²) in [7, 11) is 0. The van der Waals surface area contributed by atoms with E-state index in [2.05, 4.69) is 6.58 Å². The Bertz CT molecular complexity index is 201. The number of aliphatic hydroxyl groups excluding tert-OH is 1. The summed E-state index contributed by atoms with van der Waals surface area (Å²) in [6.45, 7) is 5.89. The van der Waals surface area contributed by atoms with Crippen LogP contribution in [0.5, 0.6) is 0 Å². The van der Waals surface area contributed by atoms with Crippen LogP contribution in [-0.2, 0) is 4.79 Å². The normalized spacial score (nSPS) is 23.8. The van der Waals surface area contributed by atoms with Gasteiger partial charge in [-0.2, -0.15) is 0 Å². The van der Waals surface area contributed by atoms with Gasteiger partial charge in [-0.05, 0) is 26.2 Å². The lowest BCUT2D eigenvalue weighted by Gasteiger charge is -2.32. The molecular weight excluding hydrogens is 154 g/mol. The fourth-order valence-corrected chi connectivity index (χ4v) is 1.40. The van der Waals surface area contributed by atoms with Gasteiger partial charge in [-0.15, -0.1) is 0 Å². The van der Waals surface area contributed by atoms with Gasteiger partial charge in [0.1, 0.15) is 6.23 Å². The molecule has 0 aromatic rings. The molecule has 1 unspecified atom stereocenters. The van der Waals surface area contributed by atoms with E-state index in [1.54, 1.807) is 6.92 Å². The van der Waals surface area contributed by atoms with Crippen LogP contribution in [0.4, 0.5) is 0 Å². The molecule has 1 aliphatic rings. The van der Waals surface area contributed by atoms with Crippen molar-refractivity contribution < 1.29 is 9.90 Å². The molecule has 1 fully saturated rings. The first-order chi connectivity index (χ1) is 5.63. The molecule has 0 bridgehead atoms. The summed E-state index contributed by atoms with van der Waals surface area (Å²) in [5, 5.41) is 9.45. The second-order valence-electron chi connectivity index (χ2n) is 3.26. The van der Waals surface area contributed by atoms with Crippen molar-refractivity contribution in [3.63, 3.8) is 0 Å². The molecule has 0 spiro atoms. The van der Waals surface area contributed by atoms with Crippen molar-refractivity contribution in [3.05, 3.63) is 12.2 Å². The third-order valence-corrected chi connectivity index (χ3v) is 2.10. The first kappa shape index (κ1) is 9.26. The Morgan fingerprint density at radius 2 is 2.25 bits per heavy atom. The maximum absolute atomic E-state index is 11.4. The van der Waals surface area contributed by atoms with Crippen molar-refractivity contribution in [2.24, 2.45) is 0 Å². The van der Waals surface area contributed by atoms with Crippen molar-refractivity contribution in [1.29, 1.82) is 0 Å².